The molecule has 0 fully saturated rings. The van der Waals surface area contributed by atoms with Crippen LogP contribution in [-0.2, 0) is 0 Å². The molecule has 0 spiro atoms. The zero-order valence-corrected chi connectivity index (χ0v) is 13.4. The standard InChI is InChI=1S/C18H16F2N4O/c1-12(13-7-8-14(19)15(20)11-13)22-18(25)23-16-5-2-3-6-17(16)24-10-4-9-21-24/h2-12H,1H3,(H2,22,23,25)/t12-/m1/s1. The number of halogens is 2. The fraction of sp³-hybridized carbons (Fsp3) is 0.111. The van der Waals surface area contributed by atoms with Crippen LogP contribution in [0.25, 0.3) is 5.69 Å². The van der Waals surface area contributed by atoms with E-state index in [1.54, 1.807) is 42.2 Å². The highest BCUT2D eigenvalue weighted by atomic mass is 19.2. The van der Waals surface area contributed by atoms with Crippen LogP contribution in [0.5, 0.6) is 0 Å². The third-order valence-electron chi connectivity index (χ3n) is 3.69. The lowest BCUT2D eigenvalue weighted by atomic mass is 10.1. The lowest BCUT2D eigenvalue weighted by Crippen LogP contribution is -2.31. The summed E-state index contributed by atoms with van der Waals surface area (Å²) in [6.45, 7) is 1.69. The summed E-state index contributed by atoms with van der Waals surface area (Å²) < 4.78 is 28.0. The van der Waals surface area contributed by atoms with Gasteiger partial charge in [-0.05, 0) is 42.8 Å². The Morgan fingerprint density at radius 2 is 1.92 bits per heavy atom. The van der Waals surface area contributed by atoms with Crippen molar-refractivity contribution in [3.8, 4) is 5.69 Å². The molecule has 7 heteroatoms. The Labute approximate surface area is 143 Å². The van der Waals surface area contributed by atoms with E-state index < -0.39 is 23.7 Å². The van der Waals surface area contributed by atoms with Crippen LogP contribution in [0.3, 0.4) is 0 Å². The average Bonchev–Trinajstić information content (AvgIpc) is 3.12. The van der Waals surface area contributed by atoms with Gasteiger partial charge in [0, 0.05) is 12.4 Å². The number of rotatable bonds is 4. The quantitative estimate of drug-likeness (QED) is 0.752. The molecule has 1 aromatic heterocycles. The van der Waals surface area contributed by atoms with Crippen molar-refractivity contribution in [2.45, 2.75) is 13.0 Å². The summed E-state index contributed by atoms with van der Waals surface area (Å²) in [5.74, 6) is -1.87. The summed E-state index contributed by atoms with van der Waals surface area (Å²) in [6.07, 6.45) is 3.41. The van der Waals surface area contributed by atoms with Crippen LogP contribution in [0.15, 0.2) is 60.9 Å². The van der Waals surface area contributed by atoms with Gasteiger partial charge >= 0.3 is 6.03 Å². The van der Waals surface area contributed by atoms with Crippen molar-refractivity contribution in [2.75, 3.05) is 5.32 Å². The van der Waals surface area contributed by atoms with Crippen LogP contribution in [0, 0.1) is 11.6 Å². The second kappa shape index (κ2) is 7.12. The normalized spacial score (nSPS) is 11.8. The van der Waals surface area contributed by atoms with Crippen LogP contribution in [-0.4, -0.2) is 15.8 Å². The minimum absolute atomic E-state index is 0.461. The van der Waals surface area contributed by atoms with Gasteiger partial charge in [-0.1, -0.05) is 18.2 Å². The molecule has 5 nitrogen and oxygen atoms in total. The van der Waals surface area contributed by atoms with Crippen molar-refractivity contribution < 1.29 is 13.6 Å². The van der Waals surface area contributed by atoms with Crippen molar-refractivity contribution in [1.29, 1.82) is 0 Å². The molecule has 0 saturated heterocycles. The van der Waals surface area contributed by atoms with Gasteiger partial charge in [0.1, 0.15) is 0 Å². The third-order valence-corrected chi connectivity index (χ3v) is 3.69. The van der Waals surface area contributed by atoms with Crippen LogP contribution >= 0.6 is 0 Å². The number of nitrogens with one attached hydrogen (secondary N) is 2. The molecule has 25 heavy (non-hydrogen) atoms. The van der Waals surface area contributed by atoms with E-state index >= 15 is 0 Å². The van der Waals surface area contributed by atoms with Gasteiger partial charge < -0.3 is 10.6 Å². The van der Waals surface area contributed by atoms with Crippen molar-refractivity contribution in [1.82, 2.24) is 15.1 Å². The van der Waals surface area contributed by atoms with Gasteiger partial charge in [-0.15, -0.1) is 0 Å². The van der Waals surface area contributed by atoms with Crippen LogP contribution < -0.4 is 10.6 Å². The monoisotopic (exact) mass is 342 g/mol. The fourth-order valence-corrected chi connectivity index (χ4v) is 2.41. The maximum absolute atomic E-state index is 13.3. The maximum Gasteiger partial charge on any atom is 0.319 e. The first kappa shape index (κ1) is 16.6. The Morgan fingerprint density at radius 3 is 2.64 bits per heavy atom. The van der Waals surface area contributed by atoms with E-state index in [1.165, 1.54) is 6.07 Å². The van der Waals surface area contributed by atoms with Crippen molar-refractivity contribution >= 4 is 11.7 Å². The highest BCUT2D eigenvalue weighted by Gasteiger charge is 2.13. The smallest absolute Gasteiger partial charge is 0.319 e. The molecule has 128 valence electrons. The molecule has 0 unspecified atom stereocenters. The van der Waals surface area contributed by atoms with Gasteiger partial charge in [0.25, 0.3) is 0 Å². The Morgan fingerprint density at radius 1 is 1.12 bits per heavy atom. The summed E-state index contributed by atoms with van der Waals surface area (Å²) in [5, 5.41) is 9.59. The summed E-state index contributed by atoms with van der Waals surface area (Å²) in [7, 11) is 0. The number of aromatic nitrogens is 2. The number of urea groups is 1. The molecule has 0 aliphatic carbocycles. The van der Waals surface area contributed by atoms with E-state index in [0.29, 0.717) is 16.9 Å². The third kappa shape index (κ3) is 3.82. The van der Waals surface area contributed by atoms with Gasteiger partial charge in [-0.3, -0.25) is 0 Å². The predicted molar refractivity (Wildman–Crippen MR) is 90.5 cm³/mol. The number of carbonyl (C=O) groups is 1. The largest absolute Gasteiger partial charge is 0.331 e. The second-order valence-electron chi connectivity index (χ2n) is 5.46. The highest BCUT2D eigenvalue weighted by molar-refractivity contribution is 5.91. The van der Waals surface area contributed by atoms with Crippen LogP contribution in [0.2, 0.25) is 0 Å². The number of para-hydroxylation sites is 2. The number of nitrogens with zero attached hydrogens (tertiary/aromatic N) is 2. The van der Waals surface area contributed by atoms with E-state index in [1.807, 2.05) is 12.1 Å². The lowest BCUT2D eigenvalue weighted by molar-refractivity contribution is 0.249. The van der Waals surface area contributed by atoms with Crippen LogP contribution in [0.1, 0.15) is 18.5 Å². The summed E-state index contributed by atoms with van der Waals surface area (Å²) in [6, 6.07) is 11.6. The summed E-state index contributed by atoms with van der Waals surface area (Å²) >= 11 is 0. The van der Waals surface area contributed by atoms with E-state index in [2.05, 4.69) is 15.7 Å². The molecule has 2 amide bonds. The lowest BCUT2D eigenvalue weighted by Gasteiger charge is -2.16. The average molecular weight is 342 g/mol. The molecule has 2 N–H and O–H groups in total. The maximum atomic E-state index is 13.3. The Balaban J connectivity index is 1.72. The van der Waals surface area contributed by atoms with Gasteiger partial charge in [0.2, 0.25) is 0 Å². The first-order chi connectivity index (χ1) is 12.0. The molecule has 2 aromatic carbocycles. The van der Waals surface area contributed by atoms with Crippen LogP contribution in [0.4, 0.5) is 19.3 Å². The highest BCUT2D eigenvalue weighted by Crippen LogP contribution is 2.20. The summed E-state index contributed by atoms with van der Waals surface area (Å²) in [4.78, 5) is 12.3. The Hall–Kier alpha value is -3.22. The number of amides is 2. The molecule has 1 atom stereocenters. The first-order valence-corrected chi connectivity index (χ1v) is 7.66. The van der Waals surface area contributed by atoms with Crippen molar-refractivity contribution in [3.05, 3.63) is 78.1 Å². The molecule has 3 rings (SSSR count). The molecule has 0 aliphatic heterocycles. The van der Waals surface area contributed by atoms with Crippen molar-refractivity contribution in [3.63, 3.8) is 0 Å². The topological polar surface area (TPSA) is 59.0 Å². The minimum atomic E-state index is -0.949. The van der Waals surface area contributed by atoms with Gasteiger partial charge in [0.05, 0.1) is 17.4 Å². The molecule has 3 aromatic rings. The first-order valence-electron chi connectivity index (χ1n) is 7.66. The second-order valence-corrected chi connectivity index (χ2v) is 5.46. The summed E-state index contributed by atoms with van der Waals surface area (Å²) in [5.41, 5.74) is 1.75. The van der Waals surface area contributed by atoms with E-state index in [0.717, 1.165) is 12.1 Å². The zero-order chi connectivity index (χ0) is 17.8. The molecule has 0 aliphatic rings. The van der Waals surface area contributed by atoms with E-state index in [-0.39, 0.29) is 0 Å². The zero-order valence-electron chi connectivity index (χ0n) is 13.4. The molecular formula is C18H16F2N4O. The predicted octanol–water partition coefficient (Wildman–Crippen LogP) is 4.03. The number of hydrogen-bond acceptors (Lipinski definition) is 2. The van der Waals surface area contributed by atoms with Gasteiger partial charge in [-0.25, -0.2) is 18.3 Å². The molecule has 1 heterocycles. The fourth-order valence-electron chi connectivity index (χ4n) is 2.41. The molecule has 0 bridgehead atoms. The SMILES string of the molecule is C[C@@H](NC(=O)Nc1ccccc1-n1cccn1)c1ccc(F)c(F)c1. The minimum Gasteiger partial charge on any atom is -0.331 e. The number of anilines is 1. The Bertz CT molecular complexity index is 881. The number of benzene rings is 2. The molecule has 0 saturated carbocycles. The van der Waals surface area contributed by atoms with Gasteiger partial charge in [-0.2, -0.15) is 5.10 Å². The molecule has 0 radical (unpaired) electrons. The van der Waals surface area contributed by atoms with E-state index in [9.17, 15) is 13.6 Å². The molecular weight excluding hydrogens is 326 g/mol. The number of hydrogen-bond donors (Lipinski definition) is 2. The number of carbonyl (C=O) groups excluding carboxylic acids is 1. The Kier molecular flexibility index (Phi) is 4.74. The van der Waals surface area contributed by atoms with E-state index in [4.69, 9.17) is 0 Å². The van der Waals surface area contributed by atoms with Crippen molar-refractivity contribution in [2.24, 2.45) is 0 Å². The van der Waals surface area contributed by atoms with Gasteiger partial charge in [0.15, 0.2) is 11.6 Å².